The van der Waals surface area contributed by atoms with Crippen LogP contribution in [0.15, 0.2) is 29.4 Å². The fourth-order valence-electron chi connectivity index (χ4n) is 1.35. The highest BCUT2D eigenvalue weighted by atomic mass is 127. The Morgan fingerprint density at radius 3 is 2.67 bits per heavy atom. The number of hydrogen-bond acceptors (Lipinski definition) is 1. The Bertz CT molecular complexity index is 378. The third-order valence-electron chi connectivity index (χ3n) is 2.37. The molecule has 0 atom stereocenters. The van der Waals surface area contributed by atoms with E-state index >= 15 is 0 Å². The summed E-state index contributed by atoms with van der Waals surface area (Å²) in [5.41, 5.74) is 3.92. The summed E-state index contributed by atoms with van der Waals surface area (Å²) in [6.07, 6.45) is 3.88. The third-order valence-corrected chi connectivity index (χ3v) is 2.69. The van der Waals surface area contributed by atoms with Crippen LogP contribution in [-0.2, 0) is 0 Å². The lowest BCUT2D eigenvalue weighted by Crippen LogP contribution is -1.89. The lowest BCUT2D eigenvalue weighted by atomic mass is 9.98. The number of halogens is 1. The second-order valence-corrected chi connectivity index (χ2v) is 4.39. The molecule has 0 unspecified atom stereocenters. The Labute approximate surface area is 105 Å². The molecule has 1 rings (SSSR count). The van der Waals surface area contributed by atoms with Crippen molar-refractivity contribution in [1.29, 1.82) is 0 Å². The van der Waals surface area contributed by atoms with Gasteiger partial charge in [0.1, 0.15) is 0 Å². The normalized spacial score (nSPS) is 12.1. The van der Waals surface area contributed by atoms with Gasteiger partial charge in [0.05, 0.1) is 4.22 Å². The first kappa shape index (κ1) is 12.4. The van der Waals surface area contributed by atoms with E-state index in [9.17, 15) is 0 Å². The van der Waals surface area contributed by atoms with Crippen LogP contribution in [0.1, 0.15) is 36.5 Å². The predicted octanol–water partition coefficient (Wildman–Crippen LogP) is 4.55. The maximum absolute atomic E-state index is 4.06. The number of benzene rings is 1. The molecule has 0 aliphatic rings. The summed E-state index contributed by atoms with van der Waals surface area (Å²) in [7, 11) is 0. The Hall–Kier alpha value is -0.640. The minimum absolute atomic E-state index is 0.575. The summed E-state index contributed by atoms with van der Waals surface area (Å²) in [5.74, 6) is 0.575. The molecule has 0 bridgehead atoms. The molecule has 80 valence electrons. The van der Waals surface area contributed by atoms with E-state index in [0.717, 1.165) is 0 Å². The van der Waals surface area contributed by atoms with Gasteiger partial charge >= 0.3 is 0 Å². The van der Waals surface area contributed by atoms with Crippen molar-refractivity contribution in [2.75, 3.05) is 0 Å². The van der Waals surface area contributed by atoms with Gasteiger partial charge in [-0.25, -0.2) is 0 Å². The van der Waals surface area contributed by atoms with E-state index in [1.165, 1.54) is 16.7 Å². The number of aliphatic imine (C=N–C) groups is 1. The van der Waals surface area contributed by atoms with Crippen molar-refractivity contribution in [2.24, 2.45) is 4.99 Å². The minimum Gasteiger partial charge on any atom is -0.258 e. The van der Waals surface area contributed by atoms with E-state index in [4.69, 9.17) is 0 Å². The van der Waals surface area contributed by atoms with Gasteiger partial charge < -0.3 is 0 Å². The Kier molecular flexibility index (Phi) is 5.02. The molecule has 0 saturated carbocycles. The van der Waals surface area contributed by atoms with Crippen LogP contribution in [0.25, 0.3) is 6.08 Å². The molecule has 0 heterocycles. The molecule has 15 heavy (non-hydrogen) atoms. The van der Waals surface area contributed by atoms with Gasteiger partial charge in [0.2, 0.25) is 0 Å². The SMILES string of the molecule is Cc1ccc(C(C)C)cc1/C=C\N=CI. The van der Waals surface area contributed by atoms with E-state index in [1.807, 2.05) is 6.20 Å². The van der Waals surface area contributed by atoms with Gasteiger partial charge in [-0.15, -0.1) is 0 Å². The summed E-state index contributed by atoms with van der Waals surface area (Å²) in [6.45, 7) is 6.54. The number of aryl methyl sites for hydroxylation is 1. The average Bonchev–Trinajstić information content (AvgIpc) is 2.20. The lowest BCUT2D eigenvalue weighted by molar-refractivity contribution is 0.865. The molecule has 0 aromatic heterocycles. The van der Waals surface area contributed by atoms with E-state index in [2.05, 4.69) is 72.6 Å². The fourth-order valence-corrected chi connectivity index (χ4v) is 1.54. The summed E-state index contributed by atoms with van der Waals surface area (Å²) >= 11 is 2.11. The summed E-state index contributed by atoms with van der Waals surface area (Å²) in [4.78, 5) is 4.06. The van der Waals surface area contributed by atoms with Crippen molar-refractivity contribution < 1.29 is 0 Å². The monoisotopic (exact) mass is 313 g/mol. The summed E-state index contributed by atoms with van der Waals surface area (Å²) < 4.78 is 1.76. The highest BCUT2D eigenvalue weighted by Crippen LogP contribution is 2.19. The van der Waals surface area contributed by atoms with Crippen LogP contribution in [0.3, 0.4) is 0 Å². The van der Waals surface area contributed by atoms with Crippen molar-refractivity contribution in [1.82, 2.24) is 0 Å². The molecular weight excluding hydrogens is 297 g/mol. The van der Waals surface area contributed by atoms with E-state index in [-0.39, 0.29) is 0 Å². The Balaban J connectivity index is 3.00. The van der Waals surface area contributed by atoms with Crippen LogP contribution < -0.4 is 0 Å². The van der Waals surface area contributed by atoms with Gasteiger partial charge in [0.15, 0.2) is 0 Å². The van der Waals surface area contributed by atoms with Crippen LogP contribution in [0.4, 0.5) is 0 Å². The summed E-state index contributed by atoms with van der Waals surface area (Å²) in [6, 6.07) is 6.60. The maximum Gasteiger partial charge on any atom is 0.0651 e. The third kappa shape index (κ3) is 3.78. The first-order chi connectivity index (χ1) is 7.15. The van der Waals surface area contributed by atoms with Crippen LogP contribution in [0.2, 0.25) is 0 Å². The van der Waals surface area contributed by atoms with Crippen LogP contribution in [0.5, 0.6) is 0 Å². The van der Waals surface area contributed by atoms with Crippen molar-refractivity contribution in [3.63, 3.8) is 0 Å². The smallest absolute Gasteiger partial charge is 0.0651 e. The topological polar surface area (TPSA) is 12.4 Å². The number of nitrogens with zero attached hydrogens (tertiary/aromatic N) is 1. The molecule has 0 aliphatic heterocycles. The molecule has 1 nitrogen and oxygen atoms in total. The highest BCUT2D eigenvalue weighted by Gasteiger charge is 2.00. The average molecular weight is 313 g/mol. The number of rotatable bonds is 3. The van der Waals surface area contributed by atoms with Gasteiger partial charge in [-0.2, -0.15) is 0 Å². The molecule has 1 aromatic carbocycles. The van der Waals surface area contributed by atoms with Crippen LogP contribution >= 0.6 is 22.6 Å². The molecule has 0 N–H and O–H groups in total. The molecule has 0 saturated heterocycles. The van der Waals surface area contributed by atoms with Crippen LogP contribution in [-0.4, -0.2) is 4.22 Å². The van der Waals surface area contributed by atoms with Crippen molar-refractivity contribution in [3.8, 4) is 0 Å². The van der Waals surface area contributed by atoms with Gasteiger partial charge in [-0.3, -0.25) is 4.99 Å². The van der Waals surface area contributed by atoms with Crippen molar-refractivity contribution in [2.45, 2.75) is 26.7 Å². The minimum atomic E-state index is 0.575. The molecule has 0 radical (unpaired) electrons. The van der Waals surface area contributed by atoms with Gasteiger partial charge in [-0.1, -0.05) is 32.0 Å². The summed E-state index contributed by atoms with van der Waals surface area (Å²) in [5, 5.41) is 0. The molecule has 0 aliphatic carbocycles. The lowest BCUT2D eigenvalue weighted by Gasteiger charge is -2.08. The Morgan fingerprint density at radius 2 is 2.07 bits per heavy atom. The Morgan fingerprint density at radius 1 is 1.33 bits per heavy atom. The number of hydrogen-bond donors (Lipinski definition) is 0. The van der Waals surface area contributed by atoms with Gasteiger partial charge in [0.25, 0.3) is 0 Å². The van der Waals surface area contributed by atoms with E-state index < -0.39 is 0 Å². The zero-order chi connectivity index (χ0) is 11.3. The fraction of sp³-hybridized carbons (Fsp3) is 0.308. The maximum atomic E-state index is 4.06. The molecule has 0 amide bonds. The van der Waals surface area contributed by atoms with Crippen molar-refractivity contribution >= 4 is 32.9 Å². The van der Waals surface area contributed by atoms with Crippen LogP contribution in [0, 0.1) is 6.92 Å². The second-order valence-electron chi connectivity index (χ2n) is 3.83. The van der Waals surface area contributed by atoms with Crippen molar-refractivity contribution in [3.05, 3.63) is 41.1 Å². The standard InChI is InChI=1S/C13H16IN/c1-10(2)12-5-4-11(3)13(8-12)6-7-15-9-14/h4-10H,1-3H3/b7-6-,15-9?. The van der Waals surface area contributed by atoms with E-state index in [0.29, 0.717) is 5.92 Å². The van der Waals surface area contributed by atoms with Gasteiger partial charge in [0, 0.05) is 6.20 Å². The zero-order valence-electron chi connectivity index (χ0n) is 9.37. The molecule has 0 spiro atoms. The predicted molar refractivity (Wildman–Crippen MR) is 76.8 cm³/mol. The first-order valence-electron chi connectivity index (χ1n) is 5.04. The molecular formula is C13H16IN. The molecule has 1 aromatic rings. The largest absolute Gasteiger partial charge is 0.258 e. The highest BCUT2D eigenvalue weighted by molar-refractivity contribution is 14.1. The molecule has 2 heteroatoms. The van der Waals surface area contributed by atoms with E-state index in [1.54, 1.807) is 4.22 Å². The zero-order valence-corrected chi connectivity index (χ0v) is 11.5. The second kappa shape index (κ2) is 6.05. The quantitative estimate of drug-likeness (QED) is 0.573. The molecule has 0 fully saturated rings. The van der Waals surface area contributed by atoms with Gasteiger partial charge in [-0.05, 0) is 58.2 Å². The first-order valence-corrected chi connectivity index (χ1v) is 6.28.